The molecule has 2 heterocycles. The highest BCUT2D eigenvalue weighted by atomic mass is 32.1. The minimum atomic E-state index is -0.334. The van der Waals surface area contributed by atoms with E-state index in [0.717, 1.165) is 47.8 Å². The fourth-order valence-electron chi connectivity index (χ4n) is 3.94. The van der Waals surface area contributed by atoms with Crippen molar-refractivity contribution in [1.29, 1.82) is 0 Å². The van der Waals surface area contributed by atoms with Gasteiger partial charge in [0.05, 0.1) is 12.2 Å². The SMILES string of the molecule is CCOC(=O)c1c(NC(=O)Cn2c(C)cc3ccccc32)sc2c1CCCC2. The van der Waals surface area contributed by atoms with Gasteiger partial charge in [-0.1, -0.05) is 18.2 Å². The van der Waals surface area contributed by atoms with Crippen molar-refractivity contribution in [2.24, 2.45) is 0 Å². The number of carbonyl (C=O) groups is 2. The fourth-order valence-corrected chi connectivity index (χ4v) is 5.23. The van der Waals surface area contributed by atoms with Gasteiger partial charge < -0.3 is 14.6 Å². The van der Waals surface area contributed by atoms with Crippen molar-refractivity contribution in [2.75, 3.05) is 11.9 Å². The normalized spacial score (nSPS) is 13.4. The number of aromatic nitrogens is 1. The second-order valence-corrected chi connectivity index (χ2v) is 8.22. The lowest BCUT2D eigenvalue weighted by Gasteiger charge is -2.12. The maximum absolute atomic E-state index is 12.8. The van der Waals surface area contributed by atoms with Crippen LogP contribution in [0.15, 0.2) is 30.3 Å². The summed E-state index contributed by atoms with van der Waals surface area (Å²) in [6, 6.07) is 10.1. The quantitative estimate of drug-likeness (QED) is 0.636. The predicted octanol–water partition coefficient (Wildman–Crippen LogP) is 4.71. The Morgan fingerprint density at radius 3 is 2.82 bits per heavy atom. The molecule has 0 saturated heterocycles. The van der Waals surface area contributed by atoms with E-state index in [1.165, 1.54) is 16.2 Å². The first-order valence-electron chi connectivity index (χ1n) is 9.75. The molecule has 0 bridgehead atoms. The molecule has 0 fully saturated rings. The third-order valence-corrected chi connectivity index (χ3v) is 6.43. The summed E-state index contributed by atoms with van der Waals surface area (Å²) in [5.74, 6) is -0.464. The van der Waals surface area contributed by atoms with Gasteiger partial charge in [0, 0.05) is 16.1 Å². The van der Waals surface area contributed by atoms with Gasteiger partial charge in [-0.25, -0.2) is 4.79 Å². The molecule has 1 aliphatic rings. The lowest BCUT2D eigenvalue weighted by Crippen LogP contribution is -2.20. The molecule has 0 aliphatic heterocycles. The highest BCUT2D eigenvalue weighted by Gasteiger charge is 2.27. The van der Waals surface area contributed by atoms with Crippen LogP contribution in [-0.2, 0) is 28.9 Å². The Morgan fingerprint density at radius 2 is 2.00 bits per heavy atom. The zero-order valence-electron chi connectivity index (χ0n) is 16.2. The number of nitrogens with zero attached hydrogens (tertiary/aromatic N) is 1. The van der Waals surface area contributed by atoms with Crippen LogP contribution in [0.2, 0.25) is 0 Å². The molecular weight excluding hydrogens is 372 g/mol. The lowest BCUT2D eigenvalue weighted by molar-refractivity contribution is -0.116. The summed E-state index contributed by atoms with van der Waals surface area (Å²) < 4.78 is 7.27. The van der Waals surface area contributed by atoms with Crippen molar-refractivity contribution < 1.29 is 14.3 Å². The van der Waals surface area contributed by atoms with Gasteiger partial charge in [0.15, 0.2) is 0 Å². The van der Waals surface area contributed by atoms with Crippen molar-refractivity contribution >= 4 is 39.1 Å². The number of esters is 1. The highest BCUT2D eigenvalue weighted by molar-refractivity contribution is 7.17. The average molecular weight is 397 g/mol. The predicted molar refractivity (Wildman–Crippen MR) is 112 cm³/mol. The highest BCUT2D eigenvalue weighted by Crippen LogP contribution is 2.38. The smallest absolute Gasteiger partial charge is 0.341 e. The summed E-state index contributed by atoms with van der Waals surface area (Å²) >= 11 is 1.52. The average Bonchev–Trinajstić information content (AvgIpc) is 3.19. The van der Waals surface area contributed by atoms with Crippen molar-refractivity contribution in [3.8, 4) is 0 Å². The van der Waals surface area contributed by atoms with Crippen molar-refractivity contribution in [2.45, 2.75) is 46.1 Å². The second kappa shape index (κ2) is 7.80. The van der Waals surface area contributed by atoms with Crippen LogP contribution in [0.3, 0.4) is 0 Å². The number of nitrogens with one attached hydrogen (secondary N) is 1. The van der Waals surface area contributed by atoms with E-state index in [4.69, 9.17) is 4.74 Å². The first-order chi connectivity index (χ1) is 13.6. The monoisotopic (exact) mass is 396 g/mol. The van der Waals surface area contributed by atoms with Crippen LogP contribution in [0.25, 0.3) is 10.9 Å². The number of carbonyl (C=O) groups excluding carboxylic acids is 2. The van der Waals surface area contributed by atoms with Crippen molar-refractivity contribution in [3.05, 3.63) is 52.0 Å². The molecule has 0 atom stereocenters. The molecule has 4 rings (SSSR count). The first kappa shape index (κ1) is 18.7. The van der Waals surface area contributed by atoms with Gasteiger partial charge in [0.25, 0.3) is 0 Å². The number of hydrogen-bond acceptors (Lipinski definition) is 4. The van der Waals surface area contributed by atoms with E-state index in [2.05, 4.69) is 11.4 Å². The van der Waals surface area contributed by atoms with Crippen LogP contribution < -0.4 is 5.32 Å². The summed E-state index contributed by atoms with van der Waals surface area (Å²) in [5.41, 5.74) is 3.69. The molecule has 1 N–H and O–H groups in total. The zero-order chi connectivity index (χ0) is 19.7. The van der Waals surface area contributed by atoms with Crippen LogP contribution in [-0.4, -0.2) is 23.1 Å². The maximum Gasteiger partial charge on any atom is 0.341 e. The number of benzene rings is 1. The van der Waals surface area contributed by atoms with E-state index in [9.17, 15) is 9.59 Å². The number of thiophene rings is 1. The Kier molecular flexibility index (Phi) is 5.22. The molecule has 1 aromatic carbocycles. The zero-order valence-corrected chi connectivity index (χ0v) is 17.0. The number of ether oxygens (including phenoxy) is 1. The van der Waals surface area contributed by atoms with Crippen molar-refractivity contribution in [1.82, 2.24) is 4.57 Å². The third-order valence-electron chi connectivity index (χ3n) is 5.22. The van der Waals surface area contributed by atoms with Crippen molar-refractivity contribution in [3.63, 3.8) is 0 Å². The van der Waals surface area contributed by atoms with Gasteiger partial charge in [0.2, 0.25) is 5.91 Å². The third kappa shape index (κ3) is 3.44. The van der Waals surface area contributed by atoms with Gasteiger partial charge >= 0.3 is 5.97 Å². The van der Waals surface area contributed by atoms with Gasteiger partial charge in [-0.2, -0.15) is 0 Å². The standard InChI is InChI=1S/C22H24N2O3S/c1-3-27-22(26)20-16-9-5-7-11-18(16)28-21(20)23-19(25)13-24-14(2)12-15-8-4-6-10-17(15)24/h4,6,8,10,12H,3,5,7,9,11,13H2,1-2H3,(H,23,25). The Hall–Kier alpha value is -2.60. The molecule has 5 nitrogen and oxygen atoms in total. The van der Waals surface area contributed by atoms with Crippen LogP contribution in [0.5, 0.6) is 0 Å². The second-order valence-electron chi connectivity index (χ2n) is 7.11. The molecule has 0 unspecified atom stereocenters. The van der Waals surface area contributed by atoms with Gasteiger partial charge in [0.1, 0.15) is 11.5 Å². The molecule has 146 valence electrons. The Balaban J connectivity index is 1.61. The largest absolute Gasteiger partial charge is 0.462 e. The summed E-state index contributed by atoms with van der Waals surface area (Å²) in [6.45, 7) is 4.34. The molecule has 1 aliphatic carbocycles. The molecule has 6 heteroatoms. The number of anilines is 1. The molecule has 0 radical (unpaired) electrons. The van der Waals surface area contributed by atoms with E-state index in [-0.39, 0.29) is 18.4 Å². The molecule has 3 aromatic rings. The topological polar surface area (TPSA) is 60.3 Å². The minimum absolute atomic E-state index is 0.131. The van der Waals surface area contributed by atoms with Gasteiger partial charge in [-0.05, 0) is 62.6 Å². The summed E-state index contributed by atoms with van der Waals surface area (Å²) in [7, 11) is 0. The number of para-hydroxylation sites is 1. The van der Waals surface area contributed by atoms with E-state index < -0.39 is 0 Å². The van der Waals surface area contributed by atoms with Gasteiger partial charge in [-0.15, -0.1) is 11.3 Å². The number of rotatable bonds is 5. The van der Waals surface area contributed by atoms with E-state index in [1.54, 1.807) is 6.92 Å². The van der Waals surface area contributed by atoms with E-state index in [1.807, 2.05) is 35.8 Å². The molecular formula is C22H24N2O3S. The fraction of sp³-hybridized carbons (Fsp3) is 0.364. The maximum atomic E-state index is 12.8. The van der Waals surface area contributed by atoms with Crippen LogP contribution in [0, 0.1) is 6.92 Å². The molecule has 0 saturated carbocycles. The Labute approximate surface area is 168 Å². The minimum Gasteiger partial charge on any atom is -0.462 e. The number of aryl methyl sites for hydroxylation is 2. The molecule has 1 amide bonds. The lowest BCUT2D eigenvalue weighted by atomic mass is 9.95. The Morgan fingerprint density at radius 1 is 1.21 bits per heavy atom. The van der Waals surface area contributed by atoms with Crippen LogP contribution in [0.4, 0.5) is 5.00 Å². The molecule has 28 heavy (non-hydrogen) atoms. The summed E-state index contributed by atoms with van der Waals surface area (Å²) in [4.78, 5) is 26.6. The van der Waals surface area contributed by atoms with Crippen LogP contribution in [0.1, 0.15) is 46.3 Å². The first-order valence-corrected chi connectivity index (χ1v) is 10.6. The van der Waals surface area contributed by atoms with E-state index >= 15 is 0 Å². The molecule has 0 spiro atoms. The molecule has 2 aromatic heterocycles. The number of fused-ring (bicyclic) bond motifs is 2. The number of amides is 1. The van der Waals surface area contributed by atoms with Gasteiger partial charge in [-0.3, -0.25) is 4.79 Å². The van der Waals surface area contributed by atoms with Crippen LogP contribution >= 0.6 is 11.3 Å². The summed E-state index contributed by atoms with van der Waals surface area (Å²) in [5, 5.41) is 4.74. The Bertz CT molecular complexity index is 1050. The summed E-state index contributed by atoms with van der Waals surface area (Å²) in [6.07, 6.45) is 4.02. The number of hydrogen-bond donors (Lipinski definition) is 1. The van der Waals surface area contributed by atoms with E-state index in [0.29, 0.717) is 17.2 Å².